The molecule has 1 aromatic carbocycles. The van der Waals surface area contributed by atoms with Gasteiger partial charge >= 0.3 is 5.97 Å². The van der Waals surface area contributed by atoms with Crippen LogP contribution in [0.2, 0.25) is 0 Å². The van der Waals surface area contributed by atoms with Gasteiger partial charge in [-0.2, -0.15) is 0 Å². The van der Waals surface area contributed by atoms with Crippen LogP contribution < -0.4 is 4.74 Å². The van der Waals surface area contributed by atoms with E-state index in [0.717, 1.165) is 25.7 Å². The van der Waals surface area contributed by atoms with E-state index < -0.39 is 0 Å². The summed E-state index contributed by atoms with van der Waals surface area (Å²) in [4.78, 5) is 12.6. The molecule has 1 rings (SSSR count). The number of hydrogen-bond acceptors (Lipinski definition) is 2. The van der Waals surface area contributed by atoms with Crippen LogP contribution in [0.15, 0.2) is 30.3 Å². The monoisotopic (exact) mass is 360 g/mol. The van der Waals surface area contributed by atoms with Crippen LogP contribution in [0.25, 0.3) is 0 Å². The quantitative estimate of drug-likeness (QED) is 0.171. The lowest BCUT2D eigenvalue weighted by Gasteiger charge is -2.16. The number of rotatable bonds is 16. The largest absolute Gasteiger partial charge is 0.426 e. The van der Waals surface area contributed by atoms with Crippen LogP contribution in [0.3, 0.4) is 0 Å². The Kier molecular flexibility index (Phi) is 13.9. The van der Waals surface area contributed by atoms with Gasteiger partial charge in [-0.05, 0) is 25.0 Å². The third kappa shape index (κ3) is 11.3. The molecule has 0 bridgehead atoms. The summed E-state index contributed by atoms with van der Waals surface area (Å²) in [5.74, 6) is 0.708. The molecule has 0 aliphatic heterocycles. The van der Waals surface area contributed by atoms with E-state index in [1.807, 2.05) is 30.3 Å². The van der Waals surface area contributed by atoms with Crippen molar-refractivity contribution in [1.82, 2.24) is 0 Å². The van der Waals surface area contributed by atoms with Gasteiger partial charge in [0.05, 0.1) is 5.92 Å². The van der Waals surface area contributed by atoms with Crippen molar-refractivity contribution in [3.63, 3.8) is 0 Å². The van der Waals surface area contributed by atoms with Crippen molar-refractivity contribution in [2.75, 3.05) is 0 Å². The van der Waals surface area contributed by atoms with E-state index in [1.54, 1.807) is 0 Å². The lowest BCUT2D eigenvalue weighted by Crippen LogP contribution is -2.20. The lowest BCUT2D eigenvalue weighted by molar-refractivity contribution is -0.139. The van der Waals surface area contributed by atoms with Crippen molar-refractivity contribution in [3.8, 4) is 5.75 Å². The van der Waals surface area contributed by atoms with Gasteiger partial charge in [-0.25, -0.2) is 0 Å². The first-order chi connectivity index (χ1) is 12.8. The Morgan fingerprint density at radius 2 is 1.19 bits per heavy atom. The van der Waals surface area contributed by atoms with Crippen LogP contribution in [-0.4, -0.2) is 5.97 Å². The minimum absolute atomic E-state index is 0.0293. The number of carbonyl (C=O) groups is 1. The van der Waals surface area contributed by atoms with Crippen molar-refractivity contribution in [2.24, 2.45) is 5.92 Å². The average Bonchev–Trinajstić information content (AvgIpc) is 2.66. The topological polar surface area (TPSA) is 26.3 Å². The highest BCUT2D eigenvalue weighted by Gasteiger charge is 2.20. The number of para-hydroxylation sites is 1. The Morgan fingerprint density at radius 1 is 0.731 bits per heavy atom. The van der Waals surface area contributed by atoms with E-state index >= 15 is 0 Å². The molecule has 0 aromatic heterocycles. The fourth-order valence-electron chi connectivity index (χ4n) is 3.41. The van der Waals surface area contributed by atoms with Crippen LogP contribution >= 0.6 is 0 Å². The number of hydrogen-bond donors (Lipinski definition) is 0. The number of benzene rings is 1. The van der Waals surface area contributed by atoms with Gasteiger partial charge in [-0.3, -0.25) is 4.79 Å². The second-order valence-electron chi connectivity index (χ2n) is 7.54. The summed E-state index contributed by atoms with van der Waals surface area (Å²) in [7, 11) is 0. The van der Waals surface area contributed by atoms with Crippen LogP contribution in [0.5, 0.6) is 5.75 Å². The third-order valence-electron chi connectivity index (χ3n) is 5.11. The predicted molar refractivity (Wildman–Crippen MR) is 112 cm³/mol. The molecule has 0 saturated carbocycles. The summed E-state index contributed by atoms with van der Waals surface area (Å²) in [6.07, 6.45) is 17.2. The fourth-order valence-corrected chi connectivity index (χ4v) is 3.41. The maximum Gasteiger partial charge on any atom is 0.314 e. The van der Waals surface area contributed by atoms with Gasteiger partial charge in [0.15, 0.2) is 0 Å². The highest BCUT2D eigenvalue weighted by Crippen LogP contribution is 2.22. The SMILES string of the molecule is CCCCCCCCC(CCCCCCCC)C(=O)Oc1ccccc1. The van der Waals surface area contributed by atoms with E-state index in [0.29, 0.717) is 5.75 Å². The minimum Gasteiger partial charge on any atom is -0.426 e. The minimum atomic E-state index is -0.0293. The molecule has 0 spiro atoms. The van der Waals surface area contributed by atoms with E-state index in [2.05, 4.69) is 13.8 Å². The van der Waals surface area contributed by atoms with E-state index in [9.17, 15) is 4.79 Å². The number of esters is 1. The molecular formula is C24H40O2. The first-order valence-electron chi connectivity index (χ1n) is 11.0. The average molecular weight is 361 g/mol. The molecule has 0 aliphatic rings. The number of carbonyl (C=O) groups excluding carboxylic acids is 1. The molecule has 0 heterocycles. The summed E-state index contributed by atoms with van der Waals surface area (Å²) < 4.78 is 5.63. The van der Waals surface area contributed by atoms with Gasteiger partial charge in [0.25, 0.3) is 0 Å². The van der Waals surface area contributed by atoms with Gasteiger partial charge in [-0.1, -0.05) is 109 Å². The van der Waals surface area contributed by atoms with E-state index in [1.165, 1.54) is 64.2 Å². The molecule has 0 N–H and O–H groups in total. The van der Waals surface area contributed by atoms with Gasteiger partial charge < -0.3 is 4.74 Å². The van der Waals surface area contributed by atoms with Gasteiger partial charge in [0.2, 0.25) is 0 Å². The molecule has 0 unspecified atom stereocenters. The molecule has 0 fully saturated rings. The highest BCUT2D eigenvalue weighted by atomic mass is 16.5. The lowest BCUT2D eigenvalue weighted by atomic mass is 9.94. The Hall–Kier alpha value is -1.31. The molecule has 1 aromatic rings. The third-order valence-corrected chi connectivity index (χ3v) is 5.11. The Bertz CT molecular complexity index is 425. The molecule has 0 saturated heterocycles. The molecule has 0 radical (unpaired) electrons. The van der Waals surface area contributed by atoms with Crippen molar-refractivity contribution in [1.29, 1.82) is 0 Å². The fraction of sp³-hybridized carbons (Fsp3) is 0.708. The molecule has 0 aliphatic carbocycles. The zero-order valence-corrected chi connectivity index (χ0v) is 17.2. The molecule has 2 heteroatoms. The first kappa shape index (κ1) is 22.7. The first-order valence-corrected chi connectivity index (χ1v) is 11.0. The summed E-state index contributed by atoms with van der Waals surface area (Å²) >= 11 is 0. The molecule has 0 amide bonds. The molecule has 2 nitrogen and oxygen atoms in total. The van der Waals surface area contributed by atoms with E-state index in [-0.39, 0.29) is 11.9 Å². The van der Waals surface area contributed by atoms with Gasteiger partial charge in [0.1, 0.15) is 5.75 Å². The van der Waals surface area contributed by atoms with Crippen molar-refractivity contribution < 1.29 is 9.53 Å². The standard InChI is InChI=1S/C24H40O2/c1-3-5-7-9-11-14-18-22(19-15-12-10-8-6-4-2)24(25)26-23-20-16-13-17-21-23/h13,16-17,20-22H,3-12,14-15,18-19H2,1-2H3. The van der Waals surface area contributed by atoms with Crippen LogP contribution in [0.1, 0.15) is 104 Å². The molecular weight excluding hydrogens is 320 g/mol. The summed E-state index contributed by atoms with van der Waals surface area (Å²) in [6.45, 7) is 4.49. The molecule has 148 valence electrons. The van der Waals surface area contributed by atoms with Crippen LogP contribution in [0.4, 0.5) is 0 Å². The van der Waals surface area contributed by atoms with Crippen molar-refractivity contribution in [2.45, 2.75) is 104 Å². The summed E-state index contributed by atoms with van der Waals surface area (Å²) in [6, 6.07) is 9.51. The van der Waals surface area contributed by atoms with Crippen LogP contribution in [0, 0.1) is 5.92 Å². The predicted octanol–water partition coefficient (Wildman–Crippen LogP) is 7.71. The zero-order valence-electron chi connectivity index (χ0n) is 17.2. The smallest absolute Gasteiger partial charge is 0.314 e. The Labute approximate surface area is 161 Å². The second-order valence-corrected chi connectivity index (χ2v) is 7.54. The van der Waals surface area contributed by atoms with Gasteiger partial charge in [-0.15, -0.1) is 0 Å². The molecule has 26 heavy (non-hydrogen) atoms. The van der Waals surface area contributed by atoms with E-state index in [4.69, 9.17) is 4.74 Å². The summed E-state index contributed by atoms with van der Waals surface area (Å²) in [5, 5.41) is 0. The second kappa shape index (κ2) is 15.9. The number of unbranched alkanes of at least 4 members (excludes halogenated alkanes) is 10. The highest BCUT2D eigenvalue weighted by molar-refractivity contribution is 5.75. The van der Waals surface area contributed by atoms with Crippen LogP contribution in [-0.2, 0) is 4.79 Å². The molecule has 0 atom stereocenters. The maximum atomic E-state index is 12.6. The maximum absolute atomic E-state index is 12.6. The number of ether oxygens (including phenoxy) is 1. The van der Waals surface area contributed by atoms with Crippen molar-refractivity contribution >= 4 is 5.97 Å². The van der Waals surface area contributed by atoms with Crippen molar-refractivity contribution in [3.05, 3.63) is 30.3 Å². The zero-order chi connectivity index (χ0) is 18.9. The Balaban J connectivity index is 2.36. The van der Waals surface area contributed by atoms with Gasteiger partial charge in [0, 0.05) is 0 Å². The summed E-state index contributed by atoms with van der Waals surface area (Å²) in [5.41, 5.74) is 0. The normalized spacial score (nSPS) is 11.0. The Morgan fingerprint density at radius 3 is 1.69 bits per heavy atom.